The molecule has 0 atom stereocenters. The van der Waals surface area contributed by atoms with Crippen molar-refractivity contribution in [3.8, 4) is 0 Å². The van der Waals surface area contributed by atoms with Gasteiger partial charge in [0.25, 0.3) is 11.9 Å². The van der Waals surface area contributed by atoms with Gasteiger partial charge in [0.2, 0.25) is 0 Å². The molecule has 0 amide bonds. The summed E-state index contributed by atoms with van der Waals surface area (Å²) in [4.78, 5) is 43.3. The predicted octanol–water partition coefficient (Wildman–Crippen LogP) is 1.59. The average molecular weight is 345 g/mol. The van der Waals surface area contributed by atoms with Gasteiger partial charge in [0.05, 0.1) is 0 Å². The molecule has 23 heavy (non-hydrogen) atoms. The predicted molar refractivity (Wildman–Crippen MR) is 70.0 cm³/mol. The fraction of sp³-hybridized carbons (Fsp3) is 0. The van der Waals surface area contributed by atoms with Crippen LogP contribution in [0.1, 0.15) is 41.4 Å². The number of rotatable bonds is 0. The maximum Gasteiger partial charge on any atom is 2.00 e. The van der Waals surface area contributed by atoms with Crippen molar-refractivity contribution >= 4 is 23.9 Å². The maximum atomic E-state index is 10.8. The summed E-state index contributed by atoms with van der Waals surface area (Å²) in [6.07, 6.45) is 0. The molecule has 2 aromatic rings. The summed E-state index contributed by atoms with van der Waals surface area (Å²) in [5.41, 5.74) is 1.26. The van der Waals surface area contributed by atoms with E-state index in [9.17, 15) is 19.2 Å². The van der Waals surface area contributed by atoms with Crippen LogP contribution in [-0.2, 0) is 28.0 Å². The van der Waals surface area contributed by atoms with Crippen molar-refractivity contribution in [2.45, 2.75) is 0 Å². The van der Waals surface area contributed by atoms with Crippen molar-refractivity contribution < 1.29 is 47.2 Å². The summed E-state index contributed by atoms with van der Waals surface area (Å²) in [5, 5.41) is 0. The van der Waals surface area contributed by atoms with E-state index in [0.29, 0.717) is 22.3 Å². The minimum Gasteiger partial charge on any atom is -0.397 e. The van der Waals surface area contributed by atoms with Gasteiger partial charge in [0, 0.05) is 0 Å². The Kier molecular flexibility index (Phi) is 4.78. The van der Waals surface area contributed by atoms with E-state index < -0.39 is 23.9 Å². The summed E-state index contributed by atoms with van der Waals surface area (Å²) < 4.78 is 8.67. The Morgan fingerprint density at radius 2 is 0.957 bits per heavy atom. The van der Waals surface area contributed by atoms with E-state index in [2.05, 4.69) is 21.6 Å². The molecule has 0 fully saturated rings. The largest absolute Gasteiger partial charge is 2.00 e. The van der Waals surface area contributed by atoms with Crippen molar-refractivity contribution in [2.75, 3.05) is 0 Å². The average Bonchev–Trinajstić information content (AvgIpc) is 2.99. The molecule has 6 nitrogen and oxygen atoms in total. The molecular weight excluding hydrogens is 339 g/mol. The second kappa shape index (κ2) is 6.60. The number of carbonyl (C=O) groups is 4. The Morgan fingerprint density at radius 1 is 0.609 bits per heavy atom. The van der Waals surface area contributed by atoms with Gasteiger partial charge in [-0.05, 0) is 22.3 Å². The van der Waals surface area contributed by atoms with Gasteiger partial charge >= 0.3 is 30.5 Å². The number of cyclic esters (lactones) is 4. The van der Waals surface area contributed by atoms with Crippen LogP contribution in [0.2, 0.25) is 0 Å². The summed E-state index contributed by atoms with van der Waals surface area (Å²) in [5.74, 6) is -2.30. The van der Waals surface area contributed by atoms with Crippen LogP contribution < -0.4 is 0 Å². The van der Waals surface area contributed by atoms with Gasteiger partial charge in [-0.2, -0.15) is 48.5 Å². The van der Waals surface area contributed by atoms with E-state index in [0.717, 1.165) is 0 Å². The zero-order valence-corrected chi connectivity index (χ0v) is 12.8. The molecule has 2 aromatic carbocycles. The summed E-state index contributed by atoms with van der Waals surface area (Å²) in [6, 6.07) is 14.4. The Hall–Kier alpha value is -2.70. The van der Waals surface area contributed by atoms with Crippen LogP contribution in [0.4, 0.5) is 0 Å². The molecule has 2 aliphatic rings. The smallest absolute Gasteiger partial charge is 0.397 e. The van der Waals surface area contributed by atoms with Gasteiger partial charge in [-0.3, -0.25) is 9.59 Å². The van der Waals surface area contributed by atoms with Gasteiger partial charge in [-0.25, -0.2) is 9.59 Å². The number of fused-ring (bicyclic) bond motifs is 2. The SMILES string of the molecule is O=C1OC(=O)c2cc[c-]cc21.O=C1OC(=O)c2cc[c-]cc21.[V+2]. The summed E-state index contributed by atoms with van der Waals surface area (Å²) >= 11 is 0. The van der Waals surface area contributed by atoms with Crippen LogP contribution in [0, 0.1) is 12.1 Å². The van der Waals surface area contributed by atoms with Crippen LogP contribution >= 0.6 is 0 Å². The van der Waals surface area contributed by atoms with E-state index in [1.807, 2.05) is 0 Å². The topological polar surface area (TPSA) is 86.7 Å². The third-order valence-electron chi connectivity index (χ3n) is 2.98. The number of esters is 4. The Bertz CT molecular complexity index is 691. The zero-order valence-electron chi connectivity index (χ0n) is 11.4. The minimum atomic E-state index is -0.582. The maximum absolute atomic E-state index is 10.8. The molecule has 0 aliphatic carbocycles. The molecule has 2 aliphatic heterocycles. The van der Waals surface area contributed by atoms with Crippen LogP contribution in [0.3, 0.4) is 0 Å². The van der Waals surface area contributed by atoms with E-state index >= 15 is 0 Å². The molecule has 0 saturated heterocycles. The van der Waals surface area contributed by atoms with Crippen LogP contribution in [0.15, 0.2) is 36.4 Å². The molecule has 2 heterocycles. The second-order valence-corrected chi connectivity index (χ2v) is 4.30. The second-order valence-electron chi connectivity index (χ2n) is 4.30. The van der Waals surface area contributed by atoms with Gasteiger partial charge in [-0.15, -0.1) is 0 Å². The molecule has 1 radical (unpaired) electrons. The number of benzene rings is 2. The van der Waals surface area contributed by atoms with E-state index in [1.165, 1.54) is 24.3 Å². The molecule has 0 N–H and O–H groups in total. The van der Waals surface area contributed by atoms with E-state index in [1.54, 1.807) is 12.1 Å². The number of ether oxygens (including phenoxy) is 2. The Labute approximate surface area is 142 Å². The number of hydrogen-bond acceptors (Lipinski definition) is 6. The normalized spacial score (nSPS) is 13.9. The fourth-order valence-corrected chi connectivity index (χ4v) is 1.94. The number of hydrogen-bond donors (Lipinski definition) is 0. The van der Waals surface area contributed by atoms with Gasteiger partial charge < -0.3 is 9.47 Å². The van der Waals surface area contributed by atoms with Crippen LogP contribution in [0.5, 0.6) is 0 Å². The third-order valence-corrected chi connectivity index (χ3v) is 2.98. The van der Waals surface area contributed by atoms with Gasteiger partial charge in [-0.1, -0.05) is 0 Å². The van der Waals surface area contributed by atoms with Crippen molar-refractivity contribution in [1.82, 2.24) is 0 Å². The zero-order chi connectivity index (χ0) is 15.7. The third kappa shape index (κ3) is 3.08. The molecular formula is C16H6O6V. The quantitative estimate of drug-likeness (QED) is 0.409. The van der Waals surface area contributed by atoms with Crippen LogP contribution in [0.25, 0.3) is 0 Å². The fourth-order valence-electron chi connectivity index (χ4n) is 1.94. The van der Waals surface area contributed by atoms with Gasteiger partial charge in [0.1, 0.15) is 0 Å². The van der Waals surface area contributed by atoms with Crippen molar-refractivity contribution in [3.63, 3.8) is 0 Å². The van der Waals surface area contributed by atoms with Crippen molar-refractivity contribution in [3.05, 3.63) is 70.8 Å². The van der Waals surface area contributed by atoms with Crippen molar-refractivity contribution in [2.24, 2.45) is 0 Å². The van der Waals surface area contributed by atoms with Crippen molar-refractivity contribution in [1.29, 1.82) is 0 Å². The van der Waals surface area contributed by atoms with E-state index in [4.69, 9.17) is 0 Å². The molecule has 0 saturated carbocycles. The summed E-state index contributed by atoms with van der Waals surface area (Å²) in [6.45, 7) is 0. The number of carbonyl (C=O) groups excluding carboxylic acids is 4. The first-order valence-electron chi connectivity index (χ1n) is 6.11. The molecule has 0 spiro atoms. The van der Waals surface area contributed by atoms with Gasteiger partial charge in [0.15, 0.2) is 0 Å². The Balaban J connectivity index is 0.000000160. The molecule has 0 unspecified atom stereocenters. The first-order valence-corrected chi connectivity index (χ1v) is 6.11. The Morgan fingerprint density at radius 3 is 1.30 bits per heavy atom. The summed E-state index contributed by atoms with van der Waals surface area (Å²) in [7, 11) is 0. The first kappa shape index (κ1) is 16.7. The van der Waals surface area contributed by atoms with E-state index in [-0.39, 0.29) is 18.6 Å². The minimum absolute atomic E-state index is 0. The first-order chi connectivity index (χ1) is 10.6. The molecule has 0 bridgehead atoms. The van der Waals surface area contributed by atoms with Crippen LogP contribution in [-0.4, -0.2) is 23.9 Å². The standard InChI is InChI=1S/2C8H3O3.V/c2*9-7-5-3-1-2-4-6(5)8(10)11-7;/h2*1,3-4H;/q2*-1;+2. The molecule has 4 rings (SSSR count). The monoisotopic (exact) mass is 345 g/mol. The molecule has 111 valence electrons. The molecule has 7 heteroatoms. The molecule has 0 aromatic heterocycles.